The molecule has 0 aliphatic carbocycles. The zero-order valence-electron chi connectivity index (χ0n) is 12.0. The number of halogens is 1. The standard InChI is InChI=1S/C17H13ClN2O3/c1-10-15(8-11-2-7-14(21)9-16(11)22)17(23)20(19-10)13-5-3-12(18)4-6-13/h2-9,19,21-22H,1H2/b15-8+. The number of nitrogens with zero attached hydrogens (tertiary/aromatic N) is 1. The quantitative estimate of drug-likeness (QED) is 0.666. The van der Waals surface area contributed by atoms with Gasteiger partial charge in [-0.1, -0.05) is 18.2 Å². The van der Waals surface area contributed by atoms with E-state index in [0.29, 0.717) is 26.8 Å². The summed E-state index contributed by atoms with van der Waals surface area (Å²) in [6, 6.07) is 10.9. The average molecular weight is 329 g/mol. The molecule has 0 fully saturated rings. The van der Waals surface area contributed by atoms with E-state index in [4.69, 9.17) is 11.6 Å². The first-order valence-corrected chi connectivity index (χ1v) is 7.13. The molecule has 23 heavy (non-hydrogen) atoms. The molecule has 116 valence electrons. The predicted molar refractivity (Wildman–Crippen MR) is 89.5 cm³/mol. The second-order valence-electron chi connectivity index (χ2n) is 5.01. The fraction of sp³-hybridized carbons (Fsp3) is 0. The van der Waals surface area contributed by atoms with Crippen LogP contribution in [-0.2, 0) is 0 Å². The molecular weight excluding hydrogens is 316 g/mol. The Morgan fingerprint density at radius 1 is 1.13 bits per heavy atom. The number of aromatic amines is 1. The van der Waals surface area contributed by atoms with Crippen molar-refractivity contribution in [2.24, 2.45) is 0 Å². The molecule has 1 heterocycles. The van der Waals surface area contributed by atoms with E-state index in [1.54, 1.807) is 24.3 Å². The van der Waals surface area contributed by atoms with Gasteiger partial charge in [-0.25, -0.2) is 4.68 Å². The molecule has 6 heteroatoms. The molecule has 0 bridgehead atoms. The van der Waals surface area contributed by atoms with E-state index in [0.717, 1.165) is 0 Å². The van der Waals surface area contributed by atoms with Gasteiger partial charge < -0.3 is 10.2 Å². The number of nitrogens with one attached hydrogen (secondary N) is 1. The van der Waals surface area contributed by atoms with Crippen LogP contribution in [0.25, 0.3) is 18.3 Å². The van der Waals surface area contributed by atoms with Gasteiger partial charge in [0.05, 0.1) is 16.3 Å². The molecule has 0 atom stereocenters. The van der Waals surface area contributed by atoms with Gasteiger partial charge in [-0.3, -0.25) is 9.89 Å². The average Bonchev–Trinajstić information content (AvgIpc) is 2.78. The highest BCUT2D eigenvalue weighted by molar-refractivity contribution is 6.30. The van der Waals surface area contributed by atoms with Crippen LogP contribution in [0.15, 0.2) is 47.3 Å². The van der Waals surface area contributed by atoms with Gasteiger partial charge in [-0.15, -0.1) is 0 Å². The number of aromatic hydroxyl groups is 2. The van der Waals surface area contributed by atoms with Gasteiger partial charge in [0, 0.05) is 16.7 Å². The van der Waals surface area contributed by atoms with Crippen molar-refractivity contribution in [3.63, 3.8) is 0 Å². The van der Waals surface area contributed by atoms with Crippen LogP contribution in [0.1, 0.15) is 5.56 Å². The van der Waals surface area contributed by atoms with E-state index in [1.807, 2.05) is 0 Å². The van der Waals surface area contributed by atoms with Crippen molar-refractivity contribution in [1.82, 2.24) is 9.78 Å². The zero-order valence-corrected chi connectivity index (χ0v) is 12.7. The predicted octanol–water partition coefficient (Wildman–Crippen LogP) is 1.47. The molecule has 3 aromatic rings. The van der Waals surface area contributed by atoms with Crippen molar-refractivity contribution in [1.29, 1.82) is 0 Å². The minimum absolute atomic E-state index is 0.0536. The van der Waals surface area contributed by atoms with E-state index < -0.39 is 0 Å². The van der Waals surface area contributed by atoms with Crippen LogP contribution in [0.4, 0.5) is 0 Å². The van der Waals surface area contributed by atoms with Crippen LogP contribution in [0, 0.1) is 0 Å². The summed E-state index contributed by atoms with van der Waals surface area (Å²) in [5.41, 5.74) is 0.732. The van der Waals surface area contributed by atoms with Gasteiger partial charge in [0.2, 0.25) is 0 Å². The second-order valence-corrected chi connectivity index (χ2v) is 5.44. The highest BCUT2D eigenvalue weighted by Gasteiger charge is 2.06. The number of phenols is 2. The largest absolute Gasteiger partial charge is 0.508 e. The maximum atomic E-state index is 12.6. The highest BCUT2D eigenvalue weighted by Crippen LogP contribution is 2.22. The normalized spacial score (nSPS) is 11.8. The zero-order chi connectivity index (χ0) is 16.6. The molecule has 0 saturated carbocycles. The molecule has 3 rings (SSSR count). The van der Waals surface area contributed by atoms with Gasteiger partial charge in [0.15, 0.2) is 0 Å². The van der Waals surface area contributed by atoms with E-state index in [-0.39, 0.29) is 17.1 Å². The van der Waals surface area contributed by atoms with Gasteiger partial charge in [-0.2, -0.15) is 0 Å². The third-order valence-electron chi connectivity index (χ3n) is 3.40. The number of hydrogen-bond acceptors (Lipinski definition) is 3. The number of aromatic nitrogens is 2. The molecule has 0 radical (unpaired) electrons. The molecule has 0 unspecified atom stereocenters. The smallest absolute Gasteiger partial charge is 0.279 e. The molecule has 5 nitrogen and oxygen atoms in total. The summed E-state index contributed by atoms with van der Waals surface area (Å²) >= 11 is 5.85. The third-order valence-corrected chi connectivity index (χ3v) is 3.66. The Morgan fingerprint density at radius 2 is 1.83 bits per heavy atom. The van der Waals surface area contributed by atoms with E-state index in [2.05, 4.69) is 11.7 Å². The summed E-state index contributed by atoms with van der Waals surface area (Å²) in [7, 11) is 0. The third kappa shape index (κ3) is 2.86. The van der Waals surface area contributed by atoms with Crippen molar-refractivity contribution < 1.29 is 10.2 Å². The van der Waals surface area contributed by atoms with Crippen LogP contribution in [0.3, 0.4) is 0 Å². The van der Waals surface area contributed by atoms with E-state index in [9.17, 15) is 15.0 Å². The Labute approximate surface area is 136 Å². The van der Waals surface area contributed by atoms with Crippen molar-refractivity contribution in [3.8, 4) is 17.2 Å². The van der Waals surface area contributed by atoms with Crippen LogP contribution in [0.2, 0.25) is 5.02 Å². The topological polar surface area (TPSA) is 78.2 Å². The molecule has 0 spiro atoms. The molecule has 2 aromatic carbocycles. The van der Waals surface area contributed by atoms with Crippen LogP contribution < -0.4 is 16.1 Å². The molecule has 3 N–H and O–H groups in total. The number of benzene rings is 2. The summed E-state index contributed by atoms with van der Waals surface area (Å²) in [5, 5.41) is 23.4. The monoisotopic (exact) mass is 328 g/mol. The lowest BCUT2D eigenvalue weighted by molar-refractivity contribution is 0.450. The summed E-state index contributed by atoms with van der Waals surface area (Å²) in [6.07, 6.45) is 1.52. The van der Waals surface area contributed by atoms with Crippen molar-refractivity contribution >= 4 is 24.3 Å². The number of H-pyrrole nitrogens is 1. The Hall–Kier alpha value is -2.92. The lowest BCUT2D eigenvalue weighted by Crippen LogP contribution is -2.33. The van der Waals surface area contributed by atoms with E-state index >= 15 is 0 Å². The van der Waals surface area contributed by atoms with Crippen molar-refractivity contribution in [3.05, 3.63) is 74.0 Å². The van der Waals surface area contributed by atoms with Gasteiger partial charge in [-0.05, 0) is 42.5 Å². The summed E-state index contributed by atoms with van der Waals surface area (Å²) in [6.45, 7) is 3.82. The van der Waals surface area contributed by atoms with Crippen LogP contribution >= 0.6 is 11.6 Å². The lowest BCUT2D eigenvalue weighted by Gasteiger charge is -2.00. The van der Waals surface area contributed by atoms with Gasteiger partial charge >= 0.3 is 0 Å². The maximum absolute atomic E-state index is 12.6. The van der Waals surface area contributed by atoms with Gasteiger partial charge in [0.1, 0.15) is 11.5 Å². The fourth-order valence-electron chi connectivity index (χ4n) is 2.23. The maximum Gasteiger partial charge on any atom is 0.279 e. The first kappa shape index (κ1) is 15.0. The Balaban J connectivity index is 2.18. The van der Waals surface area contributed by atoms with E-state index in [1.165, 1.54) is 29.0 Å². The Morgan fingerprint density at radius 3 is 2.48 bits per heavy atom. The van der Waals surface area contributed by atoms with Crippen LogP contribution in [-0.4, -0.2) is 20.0 Å². The second kappa shape index (κ2) is 5.70. The molecule has 0 amide bonds. The van der Waals surface area contributed by atoms with Crippen molar-refractivity contribution in [2.75, 3.05) is 0 Å². The number of hydrogen-bond donors (Lipinski definition) is 3. The first-order valence-electron chi connectivity index (χ1n) is 6.75. The Bertz CT molecular complexity index is 1030. The molecular formula is C17H13ClN2O3. The SMILES string of the molecule is C=c1[nH]n(-c2ccc(Cl)cc2)c(=O)/c1=C/c1ccc(O)cc1O. The molecule has 0 aliphatic heterocycles. The fourth-order valence-corrected chi connectivity index (χ4v) is 2.35. The summed E-state index contributed by atoms with van der Waals surface area (Å²) in [5.74, 6) is -0.176. The first-order chi connectivity index (χ1) is 11.0. The van der Waals surface area contributed by atoms with Gasteiger partial charge in [0.25, 0.3) is 5.56 Å². The molecule has 1 aromatic heterocycles. The van der Waals surface area contributed by atoms with Crippen LogP contribution in [0.5, 0.6) is 11.5 Å². The number of phenolic OH excluding ortho intramolecular Hbond substituents is 2. The minimum atomic E-state index is -0.301. The van der Waals surface area contributed by atoms with Crippen molar-refractivity contribution in [2.45, 2.75) is 0 Å². The Kier molecular flexibility index (Phi) is 3.72. The molecule has 0 aliphatic rings. The minimum Gasteiger partial charge on any atom is -0.508 e. The highest BCUT2D eigenvalue weighted by atomic mass is 35.5. The lowest BCUT2D eigenvalue weighted by atomic mass is 10.1. The number of rotatable bonds is 2. The summed E-state index contributed by atoms with van der Waals surface area (Å²) < 4.78 is 1.35. The molecule has 0 saturated heterocycles. The summed E-state index contributed by atoms with van der Waals surface area (Å²) in [4.78, 5) is 12.6.